The molecule has 42 heavy (non-hydrogen) atoms. The van der Waals surface area contributed by atoms with Gasteiger partial charge in [-0.3, -0.25) is 9.05 Å². The molecule has 0 fully saturated rings. The van der Waals surface area contributed by atoms with Crippen LogP contribution >= 0.6 is 7.82 Å². The zero-order valence-electron chi connectivity index (χ0n) is 24.0. The van der Waals surface area contributed by atoms with E-state index >= 15 is 0 Å². The van der Waals surface area contributed by atoms with Crippen LogP contribution < -0.4 is 10.6 Å². The number of hydrogen-bond acceptors (Lipinski definition) is 8. The first-order valence-corrected chi connectivity index (χ1v) is 15.3. The van der Waals surface area contributed by atoms with Gasteiger partial charge in [-0.15, -0.1) is 0 Å². The van der Waals surface area contributed by atoms with Gasteiger partial charge in [0.15, 0.2) is 6.04 Å². The molecule has 2 unspecified atom stereocenters. The summed E-state index contributed by atoms with van der Waals surface area (Å²) in [6, 6.07) is 14.6. The van der Waals surface area contributed by atoms with Crippen molar-refractivity contribution in [2.45, 2.75) is 64.0 Å². The fourth-order valence-electron chi connectivity index (χ4n) is 4.43. The van der Waals surface area contributed by atoms with E-state index in [-0.39, 0.29) is 19.1 Å². The largest absolute Gasteiger partial charge is 0.480 e. The molecule has 2 aromatic carbocycles. The third-order valence-electron chi connectivity index (χ3n) is 6.33. The summed E-state index contributed by atoms with van der Waals surface area (Å²) in [4.78, 5) is 45.2. The maximum Gasteiger partial charge on any atom is 0.472 e. The second-order valence-corrected chi connectivity index (χ2v) is 12.3. The topological polar surface area (TPSA) is 170 Å². The van der Waals surface area contributed by atoms with Crippen molar-refractivity contribution in [3.05, 3.63) is 59.7 Å². The van der Waals surface area contributed by atoms with Crippen molar-refractivity contribution in [3.63, 3.8) is 0 Å². The maximum atomic E-state index is 12.2. The van der Waals surface area contributed by atoms with E-state index in [1.54, 1.807) is 20.8 Å². The summed E-state index contributed by atoms with van der Waals surface area (Å²) < 4.78 is 32.2. The molecule has 0 spiro atoms. The summed E-state index contributed by atoms with van der Waals surface area (Å²) in [6.45, 7) is 4.60. The van der Waals surface area contributed by atoms with Gasteiger partial charge in [-0.2, -0.15) is 0 Å². The van der Waals surface area contributed by atoms with Gasteiger partial charge in [0.2, 0.25) is 0 Å². The van der Waals surface area contributed by atoms with Gasteiger partial charge in [-0.1, -0.05) is 61.4 Å². The van der Waals surface area contributed by atoms with Gasteiger partial charge in [-0.25, -0.2) is 18.9 Å². The van der Waals surface area contributed by atoms with E-state index in [2.05, 4.69) is 34.9 Å². The quantitative estimate of drug-likeness (QED) is 0.156. The van der Waals surface area contributed by atoms with Crippen molar-refractivity contribution < 1.29 is 47.5 Å². The molecular formula is C29H39N2O10P. The molecule has 3 rings (SSSR count). The van der Waals surface area contributed by atoms with E-state index in [9.17, 15) is 28.9 Å². The molecule has 0 heterocycles. The Morgan fingerprint density at radius 3 is 2.10 bits per heavy atom. The smallest absolute Gasteiger partial charge is 0.472 e. The molecule has 2 atom stereocenters. The predicted octanol–water partition coefficient (Wildman–Crippen LogP) is 5.20. The fraction of sp³-hybridized carbons (Fsp3) is 0.483. The lowest BCUT2D eigenvalue weighted by Gasteiger charge is -2.22. The number of alkyl carbamates (subject to hydrolysis) is 2. The minimum Gasteiger partial charge on any atom is -0.480 e. The lowest BCUT2D eigenvalue weighted by atomic mass is 9.98. The second kappa shape index (κ2) is 15.2. The molecule has 13 heteroatoms. The van der Waals surface area contributed by atoms with Crippen LogP contribution in [0.25, 0.3) is 11.1 Å². The number of amides is 2. The number of aliphatic carboxylic acids is 1. The van der Waals surface area contributed by atoms with Gasteiger partial charge in [0.25, 0.3) is 0 Å². The third kappa shape index (κ3) is 10.4. The van der Waals surface area contributed by atoms with Crippen LogP contribution in [0.15, 0.2) is 48.5 Å². The summed E-state index contributed by atoms with van der Waals surface area (Å²) in [6.07, 6.45) is 1.01. The van der Waals surface area contributed by atoms with Crippen molar-refractivity contribution in [2.75, 3.05) is 26.4 Å². The van der Waals surface area contributed by atoms with Crippen molar-refractivity contribution in [1.29, 1.82) is 0 Å². The average Bonchev–Trinajstić information content (AvgIpc) is 3.23. The highest BCUT2D eigenvalue weighted by molar-refractivity contribution is 7.47. The zero-order valence-corrected chi connectivity index (χ0v) is 24.9. The van der Waals surface area contributed by atoms with Gasteiger partial charge in [0.1, 0.15) is 12.2 Å². The Hall–Kier alpha value is -3.44. The normalized spacial score (nSPS) is 14.7. The van der Waals surface area contributed by atoms with Gasteiger partial charge < -0.3 is 30.1 Å². The van der Waals surface area contributed by atoms with Crippen LogP contribution in [0.5, 0.6) is 0 Å². The summed E-state index contributed by atoms with van der Waals surface area (Å²) >= 11 is 0. The van der Waals surface area contributed by atoms with Gasteiger partial charge in [0, 0.05) is 12.5 Å². The number of nitrogens with one attached hydrogen (secondary N) is 2. The Bertz CT molecular complexity index is 1230. The summed E-state index contributed by atoms with van der Waals surface area (Å²) in [5.41, 5.74) is 3.76. The summed E-state index contributed by atoms with van der Waals surface area (Å²) in [7, 11) is -4.53. The summed E-state index contributed by atoms with van der Waals surface area (Å²) in [5.74, 6) is -1.47. The number of fused-ring (bicyclic) bond motifs is 3. The molecule has 12 nitrogen and oxygen atoms in total. The van der Waals surface area contributed by atoms with E-state index in [0.717, 1.165) is 28.7 Å². The molecule has 2 amide bonds. The Balaban J connectivity index is 1.26. The lowest BCUT2D eigenvalue weighted by Crippen LogP contribution is -2.45. The van der Waals surface area contributed by atoms with Crippen LogP contribution in [0, 0.1) is 0 Å². The Labute approximate surface area is 245 Å². The molecular weight excluding hydrogens is 567 g/mol. The monoisotopic (exact) mass is 606 g/mol. The highest BCUT2D eigenvalue weighted by Gasteiger charge is 2.30. The molecule has 0 saturated carbocycles. The van der Waals surface area contributed by atoms with Gasteiger partial charge in [0.05, 0.1) is 13.2 Å². The van der Waals surface area contributed by atoms with Crippen LogP contribution in [0.2, 0.25) is 0 Å². The van der Waals surface area contributed by atoms with E-state index in [0.29, 0.717) is 25.8 Å². The van der Waals surface area contributed by atoms with Crippen molar-refractivity contribution >= 4 is 26.0 Å². The van der Waals surface area contributed by atoms with Crippen molar-refractivity contribution in [3.8, 4) is 11.1 Å². The number of carbonyl (C=O) groups excluding carboxylic acids is 2. The predicted molar refractivity (Wildman–Crippen MR) is 154 cm³/mol. The molecule has 230 valence electrons. The third-order valence-corrected chi connectivity index (χ3v) is 7.32. The number of rotatable bonds is 15. The number of carbonyl (C=O) groups is 3. The Kier molecular flexibility index (Phi) is 11.9. The van der Waals surface area contributed by atoms with E-state index < -0.39 is 44.2 Å². The zero-order chi connectivity index (χ0) is 30.8. The minimum atomic E-state index is -4.53. The van der Waals surface area contributed by atoms with Gasteiger partial charge >= 0.3 is 26.0 Å². The van der Waals surface area contributed by atoms with E-state index in [1.165, 1.54) is 0 Å². The first kappa shape index (κ1) is 33.1. The first-order chi connectivity index (χ1) is 19.9. The number of ether oxygens (including phenoxy) is 2. The molecule has 0 saturated heterocycles. The molecule has 1 aliphatic carbocycles. The molecule has 0 radical (unpaired) electrons. The molecule has 1 aliphatic rings. The van der Waals surface area contributed by atoms with Crippen LogP contribution in [0.4, 0.5) is 9.59 Å². The van der Waals surface area contributed by atoms with Crippen molar-refractivity contribution in [2.24, 2.45) is 0 Å². The number of carboxylic acids is 1. The first-order valence-electron chi connectivity index (χ1n) is 13.8. The SMILES string of the molecule is CC(C)(C)OC(=O)NC(COP(=O)(O)OCCCCCCNC(=O)OCC1c2ccccc2-c2ccccc21)C(=O)O. The molecule has 4 N–H and O–H groups in total. The highest BCUT2D eigenvalue weighted by atomic mass is 31.2. The van der Waals surface area contributed by atoms with Gasteiger partial charge in [-0.05, 0) is 55.9 Å². The van der Waals surface area contributed by atoms with Crippen LogP contribution in [0.3, 0.4) is 0 Å². The summed E-state index contributed by atoms with van der Waals surface area (Å²) in [5, 5.41) is 14.0. The fourth-order valence-corrected chi connectivity index (χ4v) is 5.20. The Morgan fingerprint density at radius 2 is 1.50 bits per heavy atom. The van der Waals surface area contributed by atoms with Crippen LogP contribution in [-0.2, 0) is 27.9 Å². The standard InChI is InChI=1S/C29H39N2O10P/c1-29(2,3)41-28(35)31-25(26(32)33)19-40-42(36,37)39-17-11-5-4-10-16-30-27(34)38-18-24-22-14-8-6-12-20(22)21-13-7-9-15-23(21)24/h6-9,12-15,24-25H,4-5,10-11,16-19H2,1-3H3,(H,30,34)(H,31,35)(H,32,33)(H,36,37). The van der Waals surface area contributed by atoms with E-state index in [1.807, 2.05) is 24.3 Å². The number of hydrogen-bond donors (Lipinski definition) is 4. The van der Waals surface area contributed by atoms with Crippen molar-refractivity contribution in [1.82, 2.24) is 10.6 Å². The number of benzene rings is 2. The number of phosphoric acid groups is 1. The average molecular weight is 607 g/mol. The van der Waals surface area contributed by atoms with E-state index in [4.69, 9.17) is 18.5 Å². The molecule has 0 bridgehead atoms. The molecule has 2 aromatic rings. The number of unbranched alkanes of at least 4 members (excludes halogenated alkanes) is 3. The van der Waals surface area contributed by atoms with Crippen LogP contribution in [-0.4, -0.2) is 66.2 Å². The minimum absolute atomic E-state index is 0.00844. The lowest BCUT2D eigenvalue weighted by molar-refractivity contribution is -0.140. The Morgan fingerprint density at radius 1 is 0.905 bits per heavy atom. The second-order valence-electron chi connectivity index (χ2n) is 10.8. The number of phosphoric ester groups is 1. The van der Waals surface area contributed by atoms with Crippen LogP contribution in [0.1, 0.15) is 63.5 Å². The molecule has 0 aliphatic heterocycles. The number of carboxylic acid groups (broad SMARTS) is 1. The maximum absolute atomic E-state index is 12.2. The molecule has 0 aromatic heterocycles. The highest BCUT2D eigenvalue weighted by Crippen LogP contribution is 2.45.